The van der Waals surface area contributed by atoms with E-state index in [9.17, 15) is 24.9 Å². The second-order valence-electron chi connectivity index (χ2n) is 4.15. The Morgan fingerprint density at radius 3 is 2.80 bits per heavy atom. The van der Waals surface area contributed by atoms with Crippen LogP contribution in [0.4, 0.5) is 0 Å². The Balaban J connectivity index is 2.47. The zero-order valence-electron chi connectivity index (χ0n) is 9.95. The molecule has 2 heterocycles. The van der Waals surface area contributed by atoms with Gasteiger partial charge >= 0.3 is 5.69 Å². The number of nitrogens with one attached hydrogen (secondary N) is 1. The van der Waals surface area contributed by atoms with Crippen molar-refractivity contribution in [2.24, 2.45) is 5.11 Å². The monoisotopic (exact) mass is 285 g/mol. The lowest BCUT2D eigenvalue weighted by molar-refractivity contribution is -0.125. The third-order valence-corrected chi connectivity index (χ3v) is 2.97. The van der Waals surface area contributed by atoms with Gasteiger partial charge in [0, 0.05) is 17.2 Å². The van der Waals surface area contributed by atoms with Crippen molar-refractivity contribution in [3.63, 3.8) is 0 Å². The van der Waals surface area contributed by atoms with Crippen molar-refractivity contribution in [1.29, 1.82) is 0 Å². The molecule has 0 aliphatic carbocycles. The van der Waals surface area contributed by atoms with E-state index in [4.69, 9.17) is 10.3 Å². The van der Waals surface area contributed by atoms with Crippen molar-refractivity contribution in [1.82, 2.24) is 9.55 Å². The number of aliphatic hydroxyl groups is 3. The number of aliphatic hydroxyl groups excluding tert-OH is 3. The van der Waals surface area contributed by atoms with Gasteiger partial charge < -0.3 is 20.1 Å². The molecule has 1 aromatic heterocycles. The van der Waals surface area contributed by atoms with Crippen molar-refractivity contribution < 1.29 is 20.1 Å². The summed E-state index contributed by atoms with van der Waals surface area (Å²) in [4.78, 5) is 26.9. The maximum Gasteiger partial charge on any atom is 0.330 e. The summed E-state index contributed by atoms with van der Waals surface area (Å²) in [5.74, 6) is 0. The van der Waals surface area contributed by atoms with Crippen molar-refractivity contribution >= 4 is 0 Å². The fourth-order valence-electron chi connectivity index (χ4n) is 1.94. The summed E-state index contributed by atoms with van der Waals surface area (Å²) in [5, 5.41) is 32.1. The van der Waals surface area contributed by atoms with Crippen LogP contribution >= 0.6 is 0 Å². The van der Waals surface area contributed by atoms with E-state index in [1.807, 2.05) is 4.98 Å². The van der Waals surface area contributed by atoms with Crippen LogP contribution in [0, 0.1) is 0 Å². The smallest absolute Gasteiger partial charge is 0.330 e. The lowest BCUT2D eigenvalue weighted by Crippen LogP contribution is -2.44. The summed E-state index contributed by atoms with van der Waals surface area (Å²) in [5.41, 5.74) is 4.79. The van der Waals surface area contributed by atoms with E-state index in [-0.39, 0.29) is 0 Å². The number of nitrogens with zero attached hydrogens (tertiary/aromatic N) is 4. The van der Waals surface area contributed by atoms with Crippen LogP contribution in [0.25, 0.3) is 10.4 Å². The van der Waals surface area contributed by atoms with Crippen molar-refractivity contribution in [2.45, 2.75) is 24.2 Å². The van der Waals surface area contributed by atoms with Gasteiger partial charge in [-0.25, -0.2) is 4.79 Å². The van der Waals surface area contributed by atoms with Crippen LogP contribution in [-0.2, 0) is 4.74 Å². The van der Waals surface area contributed by atoms with Gasteiger partial charge in [0.05, 0.1) is 6.61 Å². The van der Waals surface area contributed by atoms with E-state index in [1.165, 1.54) is 0 Å². The molecular weight excluding hydrogens is 274 g/mol. The molecule has 0 radical (unpaired) electrons. The normalized spacial score (nSPS) is 32.9. The average Bonchev–Trinajstić information content (AvgIpc) is 2.65. The molecule has 4 atom stereocenters. The minimum atomic E-state index is -2.10. The second kappa shape index (κ2) is 5.07. The first-order valence-electron chi connectivity index (χ1n) is 5.48. The molecule has 1 aliphatic rings. The van der Waals surface area contributed by atoms with Crippen LogP contribution in [0.5, 0.6) is 0 Å². The Labute approximate surface area is 110 Å². The highest BCUT2D eigenvalue weighted by molar-refractivity contribution is 5.00. The average molecular weight is 285 g/mol. The SMILES string of the molecule is [N-]=[N+]=N[C@@]1(CO)O[C@H](n2ccc(=O)[nH]c2=O)C(O)C1O. The summed E-state index contributed by atoms with van der Waals surface area (Å²) < 4.78 is 5.95. The molecule has 0 saturated carbocycles. The molecule has 0 bridgehead atoms. The molecule has 1 aromatic rings. The predicted molar refractivity (Wildman–Crippen MR) is 62.4 cm³/mol. The van der Waals surface area contributed by atoms with Crippen LogP contribution in [0.1, 0.15) is 6.23 Å². The number of H-pyrrole nitrogens is 1. The second-order valence-corrected chi connectivity index (χ2v) is 4.15. The Bertz CT molecular complexity index is 663. The summed E-state index contributed by atoms with van der Waals surface area (Å²) in [6.45, 7) is -0.899. The maximum absolute atomic E-state index is 11.6. The van der Waals surface area contributed by atoms with Crippen LogP contribution in [0.15, 0.2) is 27.0 Å². The molecular formula is C9H11N5O6. The van der Waals surface area contributed by atoms with Crippen LogP contribution in [0.2, 0.25) is 0 Å². The van der Waals surface area contributed by atoms with Gasteiger partial charge in [0.2, 0.25) is 5.72 Å². The van der Waals surface area contributed by atoms with E-state index < -0.39 is 42.0 Å². The van der Waals surface area contributed by atoms with Crippen LogP contribution < -0.4 is 11.2 Å². The molecule has 4 N–H and O–H groups in total. The molecule has 1 fully saturated rings. The number of ether oxygens (including phenoxy) is 1. The molecule has 11 heteroatoms. The molecule has 1 aliphatic heterocycles. The highest BCUT2D eigenvalue weighted by Gasteiger charge is 2.54. The van der Waals surface area contributed by atoms with E-state index >= 15 is 0 Å². The standard InChI is InChI=1S/C9H11N5O6/c10-13-12-9(3-15)6(18)5(17)7(20-9)14-2-1-4(16)11-8(14)19/h1-2,5-7,15,17-18H,3H2,(H,11,16,19)/t5?,6?,7-,9-/m0/s1. The van der Waals surface area contributed by atoms with Gasteiger partial charge in [-0.2, -0.15) is 0 Å². The third-order valence-electron chi connectivity index (χ3n) is 2.97. The van der Waals surface area contributed by atoms with Gasteiger partial charge in [-0.15, -0.1) is 0 Å². The molecule has 2 rings (SSSR count). The number of aromatic nitrogens is 2. The fourth-order valence-corrected chi connectivity index (χ4v) is 1.94. The van der Waals surface area contributed by atoms with Gasteiger partial charge in [-0.05, 0) is 5.53 Å². The molecule has 1 saturated heterocycles. The summed E-state index contributed by atoms with van der Waals surface area (Å²) in [6.07, 6.45) is -3.76. The van der Waals surface area contributed by atoms with Gasteiger partial charge in [0.15, 0.2) is 6.23 Å². The van der Waals surface area contributed by atoms with Gasteiger partial charge in [0.25, 0.3) is 5.56 Å². The van der Waals surface area contributed by atoms with Gasteiger partial charge in [0.1, 0.15) is 12.2 Å². The molecule has 11 nitrogen and oxygen atoms in total. The van der Waals surface area contributed by atoms with E-state index in [2.05, 4.69) is 10.0 Å². The van der Waals surface area contributed by atoms with E-state index in [0.29, 0.717) is 0 Å². The quantitative estimate of drug-likeness (QED) is 0.278. The molecule has 2 unspecified atom stereocenters. The summed E-state index contributed by atoms with van der Waals surface area (Å²) in [7, 11) is 0. The molecule has 20 heavy (non-hydrogen) atoms. The predicted octanol–water partition coefficient (Wildman–Crippen LogP) is -2.21. The fraction of sp³-hybridized carbons (Fsp3) is 0.556. The number of azide groups is 1. The van der Waals surface area contributed by atoms with E-state index in [1.54, 1.807) is 0 Å². The molecule has 0 spiro atoms. The van der Waals surface area contributed by atoms with E-state index in [0.717, 1.165) is 16.8 Å². The Morgan fingerprint density at radius 2 is 2.25 bits per heavy atom. The van der Waals surface area contributed by atoms with Crippen molar-refractivity contribution in [3.05, 3.63) is 43.5 Å². The van der Waals surface area contributed by atoms with Crippen molar-refractivity contribution in [2.75, 3.05) is 6.61 Å². The van der Waals surface area contributed by atoms with Crippen LogP contribution in [-0.4, -0.2) is 49.4 Å². The minimum absolute atomic E-state index is 0.650. The number of hydrogen-bond acceptors (Lipinski definition) is 7. The Morgan fingerprint density at radius 1 is 1.55 bits per heavy atom. The molecule has 0 amide bonds. The largest absolute Gasteiger partial charge is 0.393 e. The van der Waals surface area contributed by atoms with Gasteiger partial charge in [-0.1, -0.05) is 5.11 Å². The summed E-state index contributed by atoms with van der Waals surface area (Å²) in [6, 6.07) is 1.01. The van der Waals surface area contributed by atoms with Gasteiger partial charge in [-0.3, -0.25) is 14.3 Å². The first kappa shape index (κ1) is 14.2. The van der Waals surface area contributed by atoms with Crippen molar-refractivity contribution in [3.8, 4) is 0 Å². The maximum atomic E-state index is 11.6. The highest BCUT2D eigenvalue weighted by Crippen LogP contribution is 2.37. The lowest BCUT2D eigenvalue weighted by Gasteiger charge is -2.23. The highest BCUT2D eigenvalue weighted by atomic mass is 16.6. The number of aromatic amines is 1. The third kappa shape index (κ3) is 2.09. The zero-order valence-corrected chi connectivity index (χ0v) is 9.95. The minimum Gasteiger partial charge on any atom is -0.393 e. The zero-order chi connectivity index (χ0) is 14.9. The lowest BCUT2D eigenvalue weighted by atomic mass is 10.1. The number of rotatable bonds is 3. The number of hydrogen-bond donors (Lipinski definition) is 4. The topological polar surface area (TPSA) is 174 Å². The summed E-state index contributed by atoms with van der Waals surface area (Å²) >= 11 is 0. The first-order chi connectivity index (χ1) is 9.45. The van der Waals surface area contributed by atoms with Crippen LogP contribution in [0.3, 0.4) is 0 Å². The molecule has 0 aromatic carbocycles. The molecule has 108 valence electrons. The Kier molecular flexibility index (Phi) is 3.61. The Hall–Kier alpha value is -2.17. The first-order valence-corrected chi connectivity index (χ1v) is 5.48.